The highest BCUT2D eigenvalue weighted by Gasteiger charge is 2.39. The van der Waals surface area contributed by atoms with Gasteiger partial charge in [0.25, 0.3) is 0 Å². The van der Waals surface area contributed by atoms with E-state index in [0.717, 1.165) is 6.07 Å². The summed E-state index contributed by atoms with van der Waals surface area (Å²) in [6, 6.07) is 1.31. The molecule has 1 rings (SSSR count). The topological polar surface area (TPSA) is 49.8 Å². The van der Waals surface area contributed by atoms with Crippen LogP contribution in [-0.4, -0.2) is 0 Å². The highest BCUT2D eigenvalue weighted by molar-refractivity contribution is 5.61. The zero-order valence-corrected chi connectivity index (χ0v) is 7.95. The summed E-state index contributed by atoms with van der Waals surface area (Å²) in [5.74, 6) is 0. The Morgan fingerprint density at radius 1 is 1.00 bits per heavy atom. The molecule has 8 heteroatoms. The van der Waals surface area contributed by atoms with Crippen LogP contribution in [0.15, 0.2) is 12.1 Å². The molecule has 1 aromatic rings. The van der Waals surface area contributed by atoms with Crippen LogP contribution in [0.25, 0.3) is 0 Å². The molecular weight excluding hydrogens is 250 g/mol. The van der Waals surface area contributed by atoms with Crippen LogP contribution < -0.4 is 5.73 Å². The zero-order chi connectivity index (χ0) is 13.4. The normalized spacial score (nSPS) is 12.3. The lowest BCUT2D eigenvalue weighted by molar-refractivity contribution is -0.143. The van der Waals surface area contributed by atoms with Crippen molar-refractivity contribution in [2.75, 3.05) is 5.73 Å². The summed E-state index contributed by atoms with van der Waals surface area (Å²) in [5.41, 5.74) is -0.0855. The van der Waals surface area contributed by atoms with Crippen molar-refractivity contribution >= 4 is 5.69 Å². The average molecular weight is 254 g/mol. The first-order valence-corrected chi connectivity index (χ1v) is 4.05. The number of benzene rings is 1. The Labute approximate surface area is 91.3 Å². The van der Waals surface area contributed by atoms with Gasteiger partial charge in [0.05, 0.1) is 22.4 Å². The molecule has 2 N–H and O–H groups in total. The zero-order valence-electron chi connectivity index (χ0n) is 7.95. The van der Waals surface area contributed by atoms with Crippen molar-refractivity contribution in [3.05, 3.63) is 28.8 Å². The molecule has 0 unspecified atom stereocenters. The van der Waals surface area contributed by atoms with Gasteiger partial charge in [-0.1, -0.05) is 0 Å². The molecule has 0 radical (unpaired) electrons. The summed E-state index contributed by atoms with van der Waals surface area (Å²) < 4.78 is 74.0. The van der Waals surface area contributed by atoms with E-state index in [0.29, 0.717) is 6.07 Å². The smallest absolute Gasteiger partial charge is 0.398 e. The maximum atomic E-state index is 12.4. The number of halogens is 6. The van der Waals surface area contributed by atoms with Crippen LogP contribution in [0.4, 0.5) is 32.0 Å². The van der Waals surface area contributed by atoms with Crippen molar-refractivity contribution in [2.24, 2.45) is 0 Å². The van der Waals surface area contributed by atoms with E-state index in [9.17, 15) is 26.3 Å². The number of alkyl halides is 6. The minimum atomic E-state index is -5.07. The van der Waals surface area contributed by atoms with E-state index in [2.05, 4.69) is 0 Å². The molecule has 0 bridgehead atoms. The third-order valence-electron chi connectivity index (χ3n) is 1.91. The predicted octanol–water partition coefficient (Wildman–Crippen LogP) is 3.18. The molecule has 0 fully saturated rings. The average Bonchev–Trinajstić information content (AvgIpc) is 2.13. The second kappa shape index (κ2) is 3.84. The van der Waals surface area contributed by atoms with E-state index in [1.54, 1.807) is 0 Å². The van der Waals surface area contributed by atoms with Crippen molar-refractivity contribution < 1.29 is 26.3 Å². The molecule has 0 heterocycles. The first kappa shape index (κ1) is 13.2. The number of hydrogen-bond donors (Lipinski definition) is 1. The first-order valence-electron chi connectivity index (χ1n) is 4.05. The van der Waals surface area contributed by atoms with Crippen LogP contribution in [0.1, 0.15) is 16.7 Å². The van der Waals surface area contributed by atoms with Crippen LogP contribution in [0.2, 0.25) is 0 Å². The Balaban J connectivity index is 3.58. The lowest BCUT2D eigenvalue weighted by Crippen LogP contribution is -2.14. The van der Waals surface area contributed by atoms with Gasteiger partial charge in [0.1, 0.15) is 6.07 Å². The van der Waals surface area contributed by atoms with E-state index in [-0.39, 0.29) is 6.07 Å². The number of anilines is 1. The molecule has 0 aromatic heterocycles. The molecule has 0 saturated carbocycles. The minimum absolute atomic E-state index is 0.130. The molecule has 0 saturated heterocycles. The third kappa shape index (κ3) is 2.61. The van der Waals surface area contributed by atoms with Gasteiger partial charge in [0, 0.05) is 0 Å². The van der Waals surface area contributed by atoms with Crippen molar-refractivity contribution in [1.29, 1.82) is 5.26 Å². The molecule has 0 aliphatic rings. The van der Waals surface area contributed by atoms with Crippen LogP contribution in [0, 0.1) is 11.3 Å². The molecule has 0 atom stereocenters. The second-order valence-corrected chi connectivity index (χ2v) is 3.10. The van der Waals surface area contributed by atoms with Gasteiger partial charge in [-0.25, -0.2) is 0 Å². The lowest BCUT2D eigenvalue weighted by Gasteiger charge is -2.14. The fraction of sp³-hybridized carbons (Fsp3) is 0.222. The molecule has 0 aliphatic heterocycles. The number of hydrogen-bond acceptors (Lipinski definition) is 2. The van der Waals surface area contributed by atoms with E-state index >= 15 is 0 Å². The van der Waals surface area contributed by atoms with Crippen LogP contribution >= 0.6 is 0 Å². The number of rotatable bonds is 0. The maximum absolute atomic E-state index is 12.4. The summed E-state index contributed by atoms with van der Waals surface area (Å²) >= 11 is 0. The van der Waals surface area contributed by atoms with Gasteiger partial charge < -0.3 is 5.73 Å². The number of nitrogens with zero attached hydrogens (tertiary/aromatic N) is 1. The van der Waals surface area contributed by atoms with Crippen LogP contribution in [0.5, 0.6) is 0 Å². The highest BCUT2D eigenvalue weighted by Crippen LogP contribution is 2.39. The van der Waals surface area contributed by atoms with Crippen LogP contribution in [-0.2, 0) is 12.4 Å². The largest absolute Gasteiger partial charge is 0.417 e. The number of nitrogen functional groups attached to an aromatic ring is 1. The Hall–Kier alpha value is -1.91. The van der Waals surface area contributed by atoms with Crippen molar-refractivity contribution in [2.45, 2.75) is 12.4 Å². The first-order chi connectivity index (χ1) is 7.57. The van der Waals surface area contributed by atoms with Gasteiger partial charge in [-0.2, -0.15) is 31.6 Å². The molecule has 1 aromatic carbocycles. The van der Waals surface area contributed by atoms with Gasteiger partial charge in [0.2, 0.25) is 0 Å². The fourth-order valence-electron chi connectivity index (χ4n) is 1.18. The van der Waals surface area contributed by atoms with E-state index in [1.165, 1.54) is 0 Å². The monoisotopic (exact) mass is 254 g/mol. The van der Waals surface area contributed by atoms with E-state index < -0.39 is 34.7 Å². The summed E-state index contributed by atoms with van der Waals surface area (Å²) in [4.78, 5) is 0. The van der Waals surface area contributed by atoms with Crippen molar-refractivity contribution in [3.8, 4) is 6.07 Å². The third-order valence-corrected chi connectivity index (χ3v) is 1.91. The van der Waals surface area contributed by atoms with Gasteiger partial charge in [-0.05, 0) is 12.1 Å². The fourth-order valence-corrected chi connectivity index (χ4v) is 1.18. The minimum Gasteiger partial charge on any atom is -0.398 e. The number of nitriles is 1. The summed E-state index contributed by atoms with van der Waals surface area (Å²) in [5, 5.41) is 8.45. The van der Waals surface area contributed by atoms with Crippen molar-refractivity contribution in [3.63, 3.8) is 0 Å². The van der Waals surface area contributed by atoms with Gasteiger partial charge >= 0.3 is 12.4 Å². The molecule has 0 aliphatic carbocycles. The number of nitrogens with two attached hydrogens (primary N) is 1. The van der Waals surface area contributed by atoms with Gasteiger partial charge in [0.15, 0.2) is 0 Å². The summed E-state index contributed by atoms with van der Waals surface area (Å²) in [7, 11) is 0. The Morgan fingerprint density at radius 3 is 1.88 bits per heavy atom. The SMILES string of the molecule is N#Cc1c(N)cc(C(F)(F)F)cc1C(F)(F)F. The Bertz CT molecular complexity index is 480. The van der Waals surface area contributed by atoms with Crippen LogP contribution in [0.3, 0.4) is 0 Å². The highest BCUT2D eigenvalue weighted by atomic mass is 19.4. The maximum Gasteiger partial charge on any atom is 0.417 e. The Kier molecular flexibility index (Phi) is 2.97. The van der Waals surface area contributed by atoms with Gasteiger partial charge in [-0.15, -0.1) is 0 Å². The van der Waals surface area contributed by atoms with Gasteiger partial charge in [-0.3, -0.25) is 0 Å². The van der Waals surface area contributed by atoms with Crippen molar-refractivity contribution in [1.82, 2.24) is 0 Å². The molecular formula is C9H4F6N2. The molecule has 2 nitrogen and oxygen atoms in total. The Morgan fingerprint density at radius 2 is 1.53 bits per heavy atom. The quantitative estimate of drug-likeness (QED) is 0.571. The standard InChI is InChI=1S/C9H4F6N2/c10-8(11,12)4-1-6(9(13,14)15)5(3-16)7(17)2-4/h1-2H,17H2. The summed E-state index contributed by atoms with van der Waals surface area (Å²) in [6.45, 7) is 0. The van der Waals surface area contributed by atoms with E-state index in [4.69, 9.17) is 11.0 Å². The molecule has 17 heavy (non-hydrogen) atoms. The summed E-state index contributed by atoms with van der Waals surface area (Å²) in [6.07, 6.45) is -10.0. The lowest BCUT2D eigenvalue weighted by atomic mass is 10.0. The van der Waals surface area contributed by atoms with E-state index in [1.807, 2.05) is 0 Å². The molecule has 0 spiro atoms. The molecule has 92 valence electrons. The predicted molar refractivity (Wildman–Crippen MR) is 45.6 cm³/mol. The second-order valence-electron chi connectivity index (χ2n) is 3.10. The molecule has 0 amide bonds.